The van der Waals surface area contributed by atoms with Gasteiger partial charge in [-0.15, -0.1) is 0 Å². The zero-order chi connectivity index (χ0) is 15.8. The van der Waals surface area contributed by atoms with E-state index in [-0.39, 0.29) is 17.1 Å². The van der Waals surface area contributed by atoms with Gasteiger partial charge >= 0.3 is 0 Å². The molecule has 1 aromatic heterocycles. The van der Waals surface area contributed by atoms with Crippen molar-refractivity contribution in [3.8, 4) is 0 Å². The van der Waals surface area contributed by atoms with Crippen molar-refractivity contribution in [3.05, 3.63) is 22.6 Å². The third kappa shape index (κ3) is 3.02. The molecule has 0 atom stereocenters. The van der Waals surface area contributed by atoms with Crippen LogP contribution in [0.4, 0.5) is 0 Å². The molecule has 0 aromatic carbocycles. The number of amides is 1. The van der Waals surface area contributed by atoms with Crippen molar-refractivity contribution in [1.82, 2.24) is 4.90 Å². The molecule has 0 unspecified atom stereocenters. The van der Waals surface area contributed by atoms with E-state index in [0.717, 1.165) is 12.8 Å². The van der Waals surface area contributed by atoms with Gasteiger partial charge in [0.05, 0.1) is 5.56 Å². The molecule has 0 fully saturated rings. The quantitative estimate of drug-likeness (QED) is 0.922. The second kappa shape index (κ2) is 5.64. The van der Waals surface area contributed by atoms with Crippen LogP contribution in [0.25, 0.3) is 0 Å². The molecule has 2 N–H and O–H groups in total. The van der Waals surface area contributed by atoms with E-state index in [1.54, 1.807) is 18.9 Å². The molecule has 1 aliphatic rings. The largest absolute Gasteiger partial charge is 0.455 e. The fourth-order valence-corrected chi connectivity index (χ4v) is 2.80. The number of furan rings is 1. The van der Waals surface area contributed by atoms with Gasteiger partial charge < -0.3 is 15.1 Å². The second-order valence-corrected chi connectivity index (χ2v) is 6.66. The predicted molar refractivity (Wildman–Crippen MR) is 80.5 cm³/mol. The summed E-state index contributed by atoms with van der Waals surface area (Å²) in [6.45, 7) is 6.86. The van der Waals surface area contributed by atoms with Crippen molar-refractivity contribution in [2.75, 3.05) is 20.1 Å². The Labute approximate surface area is 125 Å². The Morgan fingerprint density at radius 3 is 2.62 bits per heavy atom. The van der Waals surface area contributed by atoms with E-state index in [2.05, 4.69) is 0 Å². The maximum Gasteiger partial charge on any atom is 0.289 e. The number of hydrogen-bond acceptors (Lipinski definition) is 4. The van der Waals surface area contributed by atoms with Crippen LogP contribution in [0.2, 0.25) is 0 Å². The third-order valence-corrected chi connectivity index (χ3v) is 4.06. The number of hydrogen-bond donors (Lipinski definition) is 1. The molecule has 0 saturated carbocycles. The van der Waals surface area contributed by atoms with Gasteiger partial charge in [0, 0.05) is 32.0 Å². The zero-order valence-corrected chi connectivity index (χ0v) is 13.3. The molecule has 2 rings (SSSR count). The van der Waals surface area contributed by atoms with Crippen LogP contribution in [0.15, 0.2) is 4.42 Å². The van der Waals surface area contributed by atoms with E-state index in [9.17, 15) is 9.59 Å². The van der Waals surface area contributed by atoms with E-state index in [0.29, 0.717) is 42.2 Å². The molecule has 1 heterocycles. The van der Waals surface area contributed by atoms with Crippen LogP contribution in [-0.2, 0) is 6.42 Å². The maximum atomic E-state index is 12.6. The number of nitrogens with zero attached hydrogens (tertiary/aromatic N) is 1. The Hall–Kier alpha value is -1.62. The first kappa shape index (κ1) is 15.8. The molecular weight excluding hydrogens is 268 g/mol. The summed E-state index contributed by atoms with van der Waals surface area (Å²) in [5.74, 6) is 0.863. The molecule has 1 aliphatic carbocycles. The normalized spacial score (nSPS) is 15.0. The molecule has 1 amide bonds. The third-order valence-electron chi connectivity index (χ3n) is 4.06. The number of ketones is 1. The van der Waals surface area contributed by atoms with Gasteiger partial charge in [-0.3, -0.25) is 9.59 Å². The molecule has 0 saturated heterocycles. The summed E-state index contributed by atoms with van der Waals surface area (Å²) >= 11 is 0. The van der Waals surface area contributed by atoms with Crippen LogP contribution < -0.4 is 5.73 Å². The highest BCUT2D eigenvalue weighted by atomic mass is 16.4. The number of aryl methyl sites for hydroxylation is 1. The Kier molecular flexibility index (Phi) is 4.23. The van der Waals surface area contributed by atoms with E-state index < -0.39 is 0 Å². The fraction of sp³-hybridized carbons (Fsp3) is 0.625. The molecule has 116 valence electrons. The van der Waals surface area contributed by atoms with Gasteiger partial charge in [0.25, 0.3) is 5.91 Å². The number of carbonyl (C=O) groups excluding carboxylic acids is 2. The highest BCUT2D eigenvalue weighted by Gasteiger charge is 2.31. The summed E-state index contributed by atoms with van der Waals surface area (Å²) in [5, 5.41) is 0. The van der Waals surface area contributed by atoms with Crippen LogP contribution in [0.3, 0.4) is 0 Å². The average molecular weight is 292 g/mol. The molecule has 0 bridgehead atoms. The topological polar surface area (TPSA) is 76.5 Å². The van der Waals surface area contributed by atoms with Crippen molar-refractivity contribution in [1.29, 1.82) is 0 Å². The zero-order valence-electron chi connectivity index (χ0n) is 13.3. The molecule has 1 aromatic rings. The lowest BCUT2D eigenvalue weighted by Gasteiger charge is -2.28. The smallest absolute Gasteiger partial charge is 0.289 e. The van der Waals surface area contributed by atoms with Crippen molar-refractivity contribution < 1.29 is 14.0 Å². The highest BCUT2D eigenvalue weighted by Crippen LogP contribution is 2.30. The van der Waals surface area contributed by atoms with Crippen molar-refractivity contribution in [2.24, 2.45) is 11.1 Å². The molecule has 5 heteroatoms. The molecular formula is C16H24N2O3. The van der Waals surface area contributed by atoms with Crippen LogP contribution in [-0.4, -0.2) is 36.7 Å². The summed E-state index contributed by atoms with van der Waals surface area (Å²) < 4.78 is 5.70. The van der Waals surface area contributed by atoms with Crippen LogP contribution in [0.1, 0.15) is 58.9 Å². The molecule has 5 nitrogen and oxygen atoms in total. The minimum absolute atomic E-state index is 0.0847. The van der Waals surface area contributed by atoms with Gasteiger partial charge in [-0.05, 0) is 25.3 Å². The van der Waals surface area contributed by atoms with Crippen LogP contribution >= 0.6 is 0 Å². The van der Waals surface area contributed by atoms with Gasteiger partial charge in [-0.25, -0.2) is 0 Å². The molecule has 0 spiro atoms. The number of nitrogens with two attached hydrogens (primary N) is 1. The minimum Gasteiger partial charge on any atom is -0.455 e. The number of carbonyl (C=O) groups is 2. The molecule has 0 aliphatic heterocycles. The Morgan fingerprint density at radius 2 is 2.05 bits per heavy atom. The average Bonchev–Trinajstić information content (AvgIpc) is 2.76. The lowest BCUT2D eigenvalue weighted by Crippen LogP contribution is -2.39. The summed E-state index contributed by atoms with van der Waals surface area (Å²) in [6.07, 6.45) is 2.06. The van der Waals surface area contributed by atoms with Crippen LogP contribution in [0.5, 0.6) is 0 Å². The Balaban J connectivity index is 2.26. The molecule has 21 heavy (non-hydrogen) atoms. The van der Waals surface area contributed by atoms with E-state index >= 15 is 0 Å². The van der Waals surface area contributed by atoms with Gasteiger partial charge in [0.15, 0.2) is 11.5 Å². The predicted octanol–water partition coefficient (Wildman–Crippen LogP) is 2.16. The SMILES string of the molecule is Cc1c(C(=O)N(C)CC(C)(C)CN)oc2c1C(=O)CCC2. The van der Waals surface area contributed by atoms with Crippen LogP contribution in [0, 0.1) is 12.3 Å². The second-order valence-electron chi connectivity index (χ2n) is 6.66. The fourth-order valence-electron chi connectivity index (χ4n) is 2.80. The number of rotatable bonds is 4. The Morgan fingerprint density at radius 1 is 1.38 bits per heavy atom. The maximum absolute atomic E-state index is 12.6. The van der Waals surface area contributed by atoms with Crippen molar-refractivity contribution in [3.63, 3.8) is 0 Å². The number of fused-ring (bicyclic) bond motifs is 1. The number of Topliss-reactive ketones (excluding diaryl/α,β-unsaturated/α-hetero) is 1. The van der Waals surface area contributed by atoms with E-state index in [1.807, 2.05) is 13.8 Å². The highest BCUT2D eigenvalue weighted by molar-refractivity contribution is 6.03. The standard InChI is InChI=1S/C16H24N2O3/c1-10-13-11(19)6-5-7-12(13)21-14(10)15(20)18(4)9-16(2,3)8-17/h5-9,17H2,1-4H3. The van der Waals surface area contributed by atoms with E-state index in [1.165, 1.54) is 0 Å². The minimum atomic E-state index is -0.184. The first-order valence-electron chi connectivity index (χ1n) is 7.38. The van der Waals surface area contributed by atoms with E-state index in [4.69, 9.17) is 10.2 Å². The first-order chi connectivity index (χ1) is 9.76. The lowest BCUT2D eigenvalue weighted by atomic mass is 9.92. The van der Waals surface area contributed by atoms with Gasteiger partial charge in [-0.2, -0.15) is 0 Å². The van der Waals surface area contributed by atoms with Gasteiger partial charge in [-0.1, -0.05) is 13.8 Å². The first-order valence-corrected chi connectivity index (χ1v) is 7.38. The summed E-state index contributed by atoms with van der Waals surface area (Å²) in [7, 11) is 1.74. The Bertz CT molecular complexity index is 572. The van der Waals surface area contributed by atoms with Crippen molar-refractivity contribution in [2.45, 2.75) is 40.0 Å². The van der Waals surface area contributed by atoms with Gasteiger partial charge in [0.2, 0.25) is 0 Å². The molecule has 0 radical (unpaired) electrons. The lowest BCUT2D eigenvalue weighted by molar-refractivity contribution is 0.0705. The summed E-state index contributed by atoms with van der Waals surface area (Å²) in [5.41, 5.74) is 6.86. The monoisotopic (exact) mass is 292 g/mol. The summed E-state index contributed by atoms with van der Waals surface area (Å²) in [4.78, 5) is 26.2. The van der Waals surface area contributed by atoms with Gasteiger partial charge in [0.1, 0.15) is 5.76 Å². The van der Waals surface area contributed by atoms with Crippen molar-refractivity contribution >= 4 is 11.7 Å². The summed E-state index contributed by atoms with van der Waals surface area (Å²) in [6, 6.07) is 0.